The fraction of sp³-hybridized carbons (Fsp3) is 0.909. The first-order chi connectivity index (χ1) is 8.30. The predicted molar refractivity (Wildman–Crippen MR) is 67.4 cm³/mol. The van der Waals surface area contributed by atoms with E-state index in [-0.39, 0.29) is 6.54 Å². The summed E-state index contributed by atoms with van der Waals surface area (Å²) >= 11 is 4.49. The van der Waals surface area contributed by atoms with E-state index in [2.05, 4.69) is 12.2 Å². The van der Waals surface area contributed by atoms with Gasteiger partial charge in [-0.2, -0.15) is 13.2 Å². The maximum absolute atomic E-state index is 12.7. The van der Waals surface area contributed by atoms with Crippen LogP contribution in [0.1, 0.15) is 12.8 Å². The minimum absolute atomic E-state index is 0.185. The summed E-state index contributed by atoms with van der Waals surface area (Å²) in [7, 11) is 1.66. The third-order valence-electron chi connectivity index (χ3n) is 3.06. The molecule has 2 unspecified atom stereocenters. The Hall–Kier alpha value is -0.400. The van der Waals surface area contributed by atoms with E-state index < -0.39 is 17.1 Å². The lowest BCUT2D eigenvalue weighted by atomic mass is 10.0. The van der Waals surface area contributed by atoms with Crippen LogP contribution < -0.4 is 5.73 Å². The van der Waals surface area contributed by atoms with Crippen LogP contribution in [0, 0.1) is 11.8 Å². The summed E-state index contributed by atoms with van der Waals surface area (Å²) in [5, 5.41) is 0. The predicted octanol–water partition coefficient (Wildman–Crippen LogP) is 1.81. The third kappa shape index (κ3) is 5.07. The Morgan fingerprint density at radius 1 is 1.56 bits per heavy atom. The molecule has 0 radical (unpaired) electrons. The lowest BCUT2D eigenvalue weighted by Gasteiger charge is -2.30. The standard InChI is InChI=1S/C11H19F3N2OS/c1-16(5-8-3-2-4-17-7-8)6-9(10(15)18)11(12,13)14/h8-9H,2-7H2,1H3,(H2,15,18). The molecule has 0 aromatic carbocycles. The van der Waals surface area contributed by atoms with E-state index in [1.807, 2.05) is 0 Å². The van der Waals surface area contributed by atoms with Crippen molar-refractivity contribution in [3.05, 3.63) is 0 Å². The zero-order valence-corrected chi connectivity index (χ0v) is 11.2. The van der Waals surface area contributed by atoms with Crippen LogP contribution in [0.2, 0.25) is 0 Å². The van der Waals surface area contributed by atoms with Crippen LogP contribution in [-0.4, -0.2) is 49.4 Å². The fourth-order valence-corrected chi connectivity index (χ4v) is 2.34. The lowest BCUT2D eigenvalue weighted by Crippen LogP contribution is -2.44. The van der Waals surface area contributed by atoms with Crippen LogP contribution in [0.3, 0.4) is 0 Å². The van der Waals surface area contributed by atoms with Crippen molar-refractivity contribution in [2.75, 3.05) is 33.4 Å². The molecular weight excluding hydrogens is 265 g/mol. The van der Waals surface area contributed by atoms with Gasteiger partial charge in [-0.15, -0.1) is 0 Å². The van der Waals surface area contributed by atoms with Crippen LogP contribution >= 0.6 is 12.2 Å². The largest absolute Gasteiger partial charge is 0.399 e. The topological polar surface area (TPSA) is 38.5 Å². The molecule has 0 bridgehead atoms. The normalized spacial score (nSPS) is 23.1. The molecule has 0 amide bonds. The second kappa shape index (κ2) is 6.68. The van der Waals surface area contributed by atoms with Gasteiger partial charge < -0.3 is 15.4 Å². The molecule has 1 fully saturated rings. The molecule has 1 heterocycles. The van der Waals surface area contributed by atoms with Gasteiger partial charge >= 0.3 is 6.18 Å². The van der Waals surface area contributed by atoms with Gasteiger partial charge in [0.25, 0.3) is 0 Å². The molecule has 1 aliphatic heterocycles. The summed E-state index contributed by atoms with van der Waals surface area (Å²) in [6, 6.07) is 0. The number of thiocarbonyl (C=S) groups is 1. The number of alkyl halides is 3. The molecule has 1 rings (SSSR count). The number of ether oxygens (including phenoxy) is 1. The van der Waals surface area contributed by atoms with Crippen molar-refractivity contribution in [1.29, 1.82) is 0 Å². The molecule has 0 aromatic heterocycles. The molecule has 0 saturated carbocycles. The van der Waals surface area contributed by atoms with Gasteiger partial charge in [-0.25, -0.2) is 0 Å². The Labute approximate surface area is 110 Å². The van der Waals surface area contributed by atoms with Crippen LogP contribution in [0.25, 0.3) is 0 Å². The van der Waals surface area contributed by atoms with E-state index in [1.54, 1.807) is 11.9 Å². The number of nitrogens with zero attached hydrogens (tertiary/aromatic N) is 1. The van der Waals surface area contributed by atoms with Crippen LogP contribution in [0.5, 0.6) is 0 Å². The average molecular weight is 284 g/mol. The van der Waals surface area contributed by atoms with E-state index in [1.165, 1.54) is 0 Å². The third-order valence-corrected chi connectivity index (χ3v) is 3.34. The zero-order chi connectivity index (χ0) is 13.8. The van der Waals surface area contributed by atoms with E-state index in [0.29, 0.717) is 19.1 Å². The van der Waals surface area contributed by atoms with E-state index in [0.717, 1.165) is 19.4 Å². The first-order valence-electron chi connectivity index (χ1n) is 5.93. The maximum atomic E-state index is 12.7. The van der Waals surface area contributed by atoms with Gasteiger partial charge in [0, 0.05) is 19.7 Å². The van der Waals surface area contributed by atoms with Crippen molar-refractivity contribution in [2.24, 2.45) is 17.6 Å². The van der Waals surface area contributed by atoms with Gasteiger partial charge in [0.05, 0.1) is 11.6 Å². The Bertz CT molecular complexity index is 280. The zero-order valence-electron chi connectivity index (χ0n) is 10.4. The van der Waals surface area contributed by atoms with Crippen molar-refractivity contribution in [1.82, 2.24) is 4.90 Å². The minimum atomic E-state index is -4.37. The van der Waals surface area contributed by atoms with Crippen LogP contribution in [0.15, 0.2) is 0 Å². The molecule has 0 spiro atoms. The SMILES string of the molecule is CN(CC1CCCOC1)CC(C(N)=S)C(F)(F)F. The van der Waals surface area contributed by atoms with Gasteiger partial charge in [0.1, 0.15) is 5.92 Å². The molecule has 3 nitrogen and oxygen atoms in total. The second-order valence-electron chi connectivity index (χ2n) is 4.80. The number of hydrogen-bond acceptors (Lipinski definition) is 3. The average Bonchev–Trinajstić information content (AvgIpc) is 2.25. The van der Waals surface area contributed by atoms with Gasteiger partial charge in [0.15, 0.2) is 0 Å². The minimum Gasteiger partial charge on any atom is -0.393 e. The highest BCUT2D eigenvalue weighted by Gasteiger charge is 2.42. The summed E-state index contributed by atoms with van der Waals surface area (Å²) < 4.78 is 43.4. The second-order valence-corrected chi connectivity index (χ2v) is 5.27. The van der Waals surface area contributed by atoms with Crippen molar-refractivity contribution in [3.8, 4) is 0 Å². The molecular formula is C11H19F3N2OS. The molecule has 1 saturated heterocycles. The summed E-state index contributed by atoms with van der Waals surface area (Å²) in [5.41, 5.74) is 5.16. The van der Waals surface area contributed by atoms with Crippen LogP contribution in [-0.2, 0) is 4.74 Å². The summed E-state index contributed by atoms with van der Waals surface area (Å²) in [5.74, 6) is -1.44. The molecule has 2 atom stereocenters. The molecule has 1 aliphatic rings. The molecule has 7 heteroatoms. The molecule has 0 aromatic rings. The van der Waals surface area contributed by atoms with Gasteiger partial charge in [-0.1, -0.05) is 12.2 Å². The lowest BCUT2D eigenvalue weighted by molar-refractivity contribution is -0.159. The Morgan fingerprint density at radius 3 is 2.67 bits per heavy atom. The van der Waals surface area contributed by atoms with Gasteiger partial charge in [-0.05, 0) is 25.8 Å². The Kier molecular flexibility index (Phi) is 5.81. The van der Waals surface area contributed by atoms with Crippen molar-refractivity contribution in [3.63, 3.8) is 0 Å². The summed E-state index contributed by atoms with van der Waals surface area (Å²) in [6.07, 6.45) is -2.41. The van der Waals surface area contributed by atoms with Gasteiger partial charge in [0.2, 0.25) is 0 Å². The summed E-state index contributed by atoms with van der Waals surface area (Å²) in [6.45, 7) is 1.76. The summed E-state index contributed by atoms with van der Waals surface area (Å²) in [4.78, 5) is 1.14. The molecule has 2 N–H and O–H groups in total. The Balaban J connectivity index is 2.45. The highest BCUT2D eigenvalue weighted by Crippen LogP contribution is 2.27. The van der Waals surface area contributed by atoms with E-state index in [9.17, 15) is 13.2 Å². The molecule has 18 heavy (non-hydrogen) atoms. The van der Waals surface area contributed by atoms with Crippen molar-refractivity contribution >= 4 is 17.2 Å². The van der Waals surface area contributed by atoms with Gasteiger partial charge in [-0.3, -0.25) is 0 Å². The van der Waals surface area contributed by atoms with E-state index in [4.69, 9.17) is 10.5 Å². The first-order valence-corrected chi connectivity index (χ1v) is 6.34. The monoisotopic (exact) mass is 284 g/mol. The highest BCUT2D eigenvalue weighted by atomic mass is 32.1. The molecule has 0 aliphatic carbocycles. The van der Waals surface area contributed by atoms with Crippen LogP contribution in [0.4, 0.5) is 13.2 Å². The highest BCUT2D eigenvalue weighted by molar-refractivity contribution is 7.80. The number of nitrogens with two attached hydrogens (primary N) is 1. The number of rotatable bonds is 5. The fourth-order valence-electron chi connectivity index (χ4n) is 2.13. The quantitative estimate of drug-likeness (QED) is 0.782. The van der Waals surface area contributed by atoms with E-state index >= 15 is 0 Å². The maximum Gasteiger partial charge on any atom is 0.399 e. The smallest absolute Gasteiger partial charge is 0.393 e. The first kappa shape index (κ1) is 15.7. The number of halogens is 3. The number of hydrogen-bond donors (Lipinski definition) is 1. The van der Waals surface area contributed by atoms with Crippen molar-refractivity contribution in [2.45, 2.75) is 19.0 Å². The van der Waals surface area contributed by atoms with Crippen molar-refractivity contribution < 1.29 is 17.9 Å². The molecule has 106 valence electrons. The Morgan fingerprint density at radius 2 is 2.22 bits per heavy atom.